The smallest absolute Gasteiger partial charge is 0.434 e. The minimum Gasteiger partial charge on any atom is -0.496 e. The Morgan fingerprint density at radius 1 is 1.20 bits per heavy atom. The highest BCUT2D eigenvalue weighted by Gasteiger charge is 2.34. The van der Waals surface area contributed by atoms with Crippen molar-refractivity contribution < 1.29 is 17.9 Å². The highest BCUT2D eigenvalue weighted by molar-refractivity contribution is 7.09. The van der Waals surface area contributed by atoms with Crippen molar-refractivity contribution in [1.82, 2.24) is 4.37 Å². The molecule has 0 bridgehead atoms. The molecule has 0 aliphatic rings. The molecular formula is C14H14F3NOS. The summed E-state index contributed by atoms with van der Waals surface area (Å²) in [6.07, 6.45) is -4.42. The molecule has 1 aromatic carbocycles. The fourth-order valence-corrected chi connectivity index (χ4v) is 2.59. The van der Waals surface area contributed by atoms with Gasteiger partial charge in [-0.05, 0) is 41.2 Å². The van der Waals surface area contributed by atoms with Crippen LogP contribution in [-0.4, -0.2) is 11.5 Å². The van der Waals surface area contributed by atoms with E-state index in [1.807, 2.05) is 26.0 Å². The lowest BCUT2D eigenvalue weighted by Crippen LogP contribution is -2.04. The Morgan fingerprint density at radius 2 is 1.90 bits per heavy atom. The van der Waals surface area contributed by atoms with Gasteiger partial charge in [-0.25, -0.2) is 0 Å². The third kappa shape index (κ3) is 2.95. The maximum absolute atomic E-state index is 12.6. The van der Waals surface area contributed by atoms with Crippen LogP contribution in [0.5, 0.6) is 5.75 Å². The topological polar surface area (TPSA) is 22.1 Å². The molecule has 0 unspecified atom stereocenters. The molecule has 1 aromatic heterocycles. The van der Waals surface area contributed by atoms with Crippen molar-refractivity contribution in [3.63, 3.8) is 0 Å². The van der Waals surface area contributed by atoms with E-state index in [0.717, 1.165) is 23.2 Å². The van der Waals surface area contributed by atoms with Crippen LogP contribution < -0.4 is 4.74 Å². The van der Waals surface area contributed by atoms with Gasteiger partial charge in [-0.1, -0.05) is 19.9 Å². The lowest BCUT2D eigenvalue weighted by molar-refractivity contribution is -0.140. The molecule has 0 saturated heterocycles. The molecule has 0 aliphatic heterocycles. The summed E-state index contributed by atoms with van der Waals surface area (Å²) in [7, 11) is 1.51. The van der Waals surface area contributed by atoms with Crippen LogP contribution in [0.2, 0.25) is 0 Å². The molecule has 0 aliphatic carbocycles. The zero-order valence-electron chi connectivity index (χ0n) is 11.3. The zero-order chi connectivity index (χ0) is 14.9. The standard InChI is InChI=1S/C14H14F3NOS/c1-8(2)9-4-5-10(11(6-9)19-3)12-7-13(18-20-12)14(15,16)17/h4-8H,1-3H3. The summed E-state index contributed by atoms with van der Waals surface area (Å²) in [6.45, 7) is 4.09. The summed E-state index contributed by atoms with van der Waals surface area (Å²) >= 11 is 0.823. The second kappa shape index (κ2) is 5.44. The van der Waals surface area contributed by atoms with Gasteiger partial charge in [0.1, 0.15) is 5.75 Å². The van der Waals surface area contributed by atoms with Crippen LogP contribution in [-0.2, 0) is 6.18 Å². The minimum absolute atomic E-state index is 0.324. The maximum Gasteiger partial charge on any atom is 0.434 e. The van der Waals surface area contributed by atoms with Gasteiger partial charge < -0.3 is 4.74 Å². The highest BCUT2D eigenvalue weighted by atomic mass is 32.1. The van der Waals surface area contributed by atoms with Gasteiger partial charge in [0.25, 0.3) is 0 Å². The van der Waals surface area contributed by atoms with Gasteiger partial charge in [-0.3, -0.25) is 0 Å². The quantitative estimate of drug-likeness (QED) is 0.799. The molecule has 2 aromatic rings. The van der Waals surface area contributed by atoms with Gasteiger partial charge in [0.15, 0.2) is 5.69 Å². The van der Waals surface area contributed by atoms with Crippen LogP contribution in [0.1, 0.15) is 31.0 Å². The van der Waals surface area contributed by atoms with Crippen molar-refractivity contribution in [2.45, 2.75) is 25.9 Å². The summed E-state index contributed by atoms with van der Waals surface area (Å²) in [5.74, 6) is 0.888. The van der Waals surface area contributed by atoms with Gasteiger partial charge in [0, 0.05) is 5.56 Å². The Labute approximate surface area is 119 Å². The SMILES string of the molecule is COc1cc(C(C)C)ccc1-c1cc(C(F)(F)F)ns1. The summed E-state index contributed by atoms with van der Waals surface area (Å²) in [5.41, 5.74) is 0.837. The lowest BCUT2D eigenvalue weighted by atomic mass is 10.0. The number of benzene rings is 1. The predicted octanol–water partition coefficient (Wildman–Crippen LogP) is 4.96. The van der Waals surface area contributed by atoms with Crippen LogP contribution in [0.4, 0.5) is 13.2 Å². The van der Waals surface area contributed by atoms with E-state index in [1.54, 1.807) is 6.07 Å². The van der Waals surface area contributed by atoms with Gasteiger partial charge in [0.05, 0.1) is 12.0 Å². The number of aromatic nitrogens is 1. The van der Waals surface area contributed by atoms with E-state index in [9.17, 15) is 13.2 Å². The summed E-state index contributed by atoms with van der Waals surface area (Å²) in [4.78, 5) is 0.449. The van der Waals surface area contributed by atoms with Crippen molar-refractivity contribution in [2.75, 3.05) is 7.11 Å². The van der Waals surface area contributed by atoms with E-state index >= 15 is 0 Å². The highest BCUT2D eigenvalue weighted by Crippen LogP contribution is 2.38. The van der Waals surface area contributed by atoms with Gasteiger partial charge in [-0.15, -0.1) is 0 Å². The Morgan fingerprint density at radius 3 is 2.40 bits per heavy atom. The summed E-state index contributed by atoms with van der Waals surface area (Å²) in [5, 5.41) is 0. The Hall–Kier alpha value is -1.56. The fraction of sp³-hybridized carbons (Fsp3) is 0.357. The molecule has 0 radical (unpaired) electrons. The zero-order valence-corrected chi connectivity index (χ0v) is 12.1. The second-order valence-corrected chi connectivity index (χ2v) is 5.49. The number of methoxy groups -OCH3 is 1. The molecule has 0 amide bonds. The largest absolute Gasteiger partial charge is 0.496 e. The predicted molar refractivity (Wildman–Crippen MR) is 73.2 cm³/mol. The molecule has 0 atom stereocenters. The third-order valence-electron chi connectivity index (χ3n) is 2.96. The van der Waals surface area contributed by atoms with Crippen molar-refractivity contribution in [3.8, 4) is 16.2 Å². The van der Waals surface area contributed by atoms with Crippen LogP contribution in [0, 0.1) is 0 Å². The van der Waals surface area contributed by atoms with Crippen LogP contribution in [0.15, 0.2) is 24.3 Å². The second-order valence-electron chi connectivity index (χ2n) is 4.69. The molecule has 2 nitrogen and oxygen atoms in total. The summed E-state index contributed by atoms with van der Waals surface area (Å²) < 4.78 is 46.5. The number of nitrogens with zero attached hydrogens (tertiary/aromatic N) is 1. The van der Waals surface area contributed by atoms with Gasteiger partial charge in [0.2, 0.25) is 0 Å². The van der Waals surface area contributed by atoms with E-state index < -0.39 is 11.9 Å². The monoisotopic (exact) mass is 301 g/mol. The van der Waals surface area contributed by atoms with Crippen molar-refractivity contribution in [3.05, 3.63) is 35.5 Å². The molecule has 2 rings (SSSR count). The van der Waals surface area contributed by atoms with Crippen LogP contribution >= 0.6 is 11.5 Å². The van der Waals surface area contributed by atoms with E-state index in [-0.39, 0.29) is 0 Å². The van der Waals surface area contributed by atoms with E-state index in [0.29, 0.717) is 22.1 Å². The number of ether oxygens (including phenoxy) is 1. The number of hydrogen-bond donors (Lipinski definition) is 0. The van der Waals surface area contributed by atoms with Crippen molar-refractivity contribution >= 4 is 11.5 Å². The Bertz CT molecular complexity index is 605. The fourth-order valence-electron chi connectivity index (χ4n) is 1.81. The molecule has 0 N–H and O–H groups in total. The Kier molecular flexibility index (Phi) is 4.04. The Balaban J connectivity index is 2.45. The van der Waals surface area contributed by atoms with E-state index in [1.165, 1.54) is 7.11 Å². The van der Waals surface area contributed by atoms with E-state index in [2.05, 4.69) is 4.37 Å². The molecule has 6 heteroatoms. The first-order valence-corrected chi connectivity index (χ1v) is 6.82. The lowest BCUT2D eigenvalue weighted by Gasteiger charge is -2.11. The van der Waals surface area contributed by atoms with Gasteiger partial charge >= 0.3 is 6.18 Å². The third-order valence-corrected chi connectivity index (χ3v) is 3.78. The maximum atomic E-state index is 12.6. The molecule has 0 spiro atoms. The molecule has 0 fully saturated rings. The first-order valence-electron chi connectivity index (χ1n) is 6.05. The normalized spacial score (nSPS) is 11.9. The molecule has 0 saturated carbocycles. The summed E-state index contributed by atoms with van der Waals surface area (Å²) in [6, 6.07) is 6.59. The van der Waals surface area contributed by atoms with E-state index in [4.69, 9.17) is 4.74 Å². The van der Waals surface area contributed by atoms with Gasteiger partial charge in [-0.2, -0.15) is 17.5 Å². The number of hydrogen-bond acceptors (Lipinski definition) is 3. The van der Waals surface area contributed by atoms with Crippen molar-refractivity contribution in [1.29, 1.82) is 0 Å². The number of halogens is 3. The van der Waals surface area contributed by atoms with Crippen molar-refractivity contribution in [2.24, 2.45) is 0 Å². The molecule has 1 heterocycles. The molecule has 20 heavy (non-hydrogen) atoms. The average Bonchev–Trinajstić information content (AvgIpc) is 2.87. The first kappa shape index (κ1) is 14.8. The first-order chi connectivity index (χ1) is 9.32. The molecule has 108 valence electrons. The molecular weight excluding hydrogens is 287 g/mol. The van der Waals surface area contributed by atoms with Crippen LogP contribution in [0.3, 0.4) is 0 Å². The average molecular weight is 301 g/mol. The van der Waals surface area contributed by atoms with Crippen LogP contribution in [0.25, 0.3) is 10.4 Å². The number of rotatable bonds is 3. The number of alkyl halides is 3. The minimum atomic E-state index is -4.42.